The molecule has 1 aromatic rings. The molecule has 8 nitrogen and oxygen atoms in total. The van der Waals surface area contributed by atoms with Crippen LogP contribution in [0.3, 0.4) is 0 Å². The van der Waals surface area contributed by atoms with Crippen molar-refractivity contribution in [3.8, 4) is 0 Å². The second-order valence-corrected chi connectivity index (χ2v) is 14.9. The van der Waals surface area contributed by atoms with Crippen LogP contribution in [0, 0.1) is 28.6 Å². The first-order chi connectivity index (χ1) is 18.7. The SMILES string of the molecule is C[C@]12C=CC(=O)CC1=C(F)C[C@H]1[C@@H]3C[C@H]4CN(Cc5ccsc5)O[C@@]4(C(=O)COS(C)(=O)=O)[C@@]3(C)C[C@H](O)[C@@]12F. The highest BCUT2D eigenvalue weighted by molar-refractivity contribution is 7.86. The number of alkyl halides is 1. The van der Waals surface area contributed by atoms with Crippen molar-refractivity contribution in [1.82, 2.24) is 5.06 Å². The van der Waals surface area contributed by atoms with Gasteiger partial charge in [-0.05, 0) is 59.7 Å². The highest BCUT2D eigenvalue weighted by Gasteiger charge is 2.79. The zero-order valence-electron chi connectivity index (χ0n) is 22.6. The Morgan fingerprint density at radius 3 is 2.75 bits per heavy atom. The monoisotopic (exact) mass is 597 g/mol. The van der Waals surface area contributed by atoms with Gasteiger partial charge in [0.05, 0.1) is 12.4 Å². The number of aliphatic hydroxyl groups is 1. The summed E-state index contributed by atoms with van der Waals surface area (Å²) in [4.78, 5) is 32.6. The average molecular weight is 598 g/mol. The van der Waals surface area contributed by atoms with Gasteiger partial charge in [-0.15, -0.1) is 0 Å². The number of carbonyl (C=O) groups excluding carboxylic acids is 2. The second-order valence-electron chi connectivity index (χ2n) is 12.5. The molecule has 0 aromatic carbocycles. The molecule has 1 aromatic heterocycles. The zero-order chi connectivity index (χ0) is 28.9. The van der Waals surface area contributed by atoms with E-state index in [2.05, 4.69) is 0 Å². The van der Waals surface area contributed by atoms with Crippen LogP contribution >= 0.6 is 11.3 Å². The van der Waals surface area contributed by atoms with Crippen LogP contribution in [-0.4, -0.2) is 66.9 Å². The average Bonchev–Trinajstić information content (AvgIpc) is 3.56. The van der Waals surface area contributed by atoms with Gasteiger partial charge in [0.1, 0.15) is 12.4 Å². The molecule has 2 heterocycles. The lowest BCUT2D eigenvalue weighted by atomic mass is 9.45. The molecule has 1 N–H and O–H groups in total. The minimum Gasteiger partial charge on any atom is -0.390 e. The van der Waals surface area contributed by atoms with Gasteiger partial charge in [0, 0.05) is 48.6 Å². The molecular formula is C28H33F2NO7S2. The van der Waals surface area contributed by atoms with Crippen LogP contribution < -0.4 is 0 Å². The fourth-order valence-corrected chi connectivity index (χ4v) is 9.73. The molecule has 5 aliphatic rings. The van der Waals surface area contributed by atoms with Crippen molar-refractivity contribution >= 4 is 33.0 Å². The summed E-state index contributed by atoms with van der Waals surface area (Å²) in [6.45, 7) is 3.26. The largest absolute Gasteiger partial charge is 0.390 e. The Hall–Kier alpha value is -1.83. The summed E-state index contributed by atoms with van der Waals surface area (Å²) < 4.78 is 61.7. The Morgan fingerprint density at radius 2 is 2.08 bits per heavy atom. The van der Waals surface area contributed by atoms with Crippen molar-refractivity contribution in [3.05, 3.63) is 45.9 Å². The number of carbonyl (C=O) groups is 2. The summed E-state index contributed by atoms with van der Waals surface area (Å²) in [5.74, 6) is -3.48. The maximum Gasteiger partial charge on any atom is 0.264 e. The van der Waals surface area contributed by atoms with Crippen LogP contribution in [0.1, 0.15) is 45.1 Å². The molecule has 0 bridgehead atoms. The normalized spacial score (nSPS) is 42.9. The Balaban J connectivity index is 1.43. The number of ketones is 2. The lowest BCUT2D eigenvalue weighted by Gasteiger charge is -2.62. The number of hydroxylamine groups is 2. The molecule has 2 saturated carbocycles. The number of Topliss-reactive ketones (excluding diaryl/α,β-unsaturated/α-hetero) is 1. The van der Waals surface area contributed by atoms with E-state index in [0.29, 0.717) is 19.5 Å². The minimum absolute atomic E-state index is 0.0742. The van der Waals surface area contributed by atoms with Gasteiger partial charge in [0.2, 0.25) is 0 Å². The topological polar surface area (TPSA) is 110 Å². The molecule has 1 aliphatic heterocycles. The highest BCUT2D eigenvalue weighted by Crippen LogP contribution is 2.72. The molecule has 6 rings (SSSR count). The van der Waals surface area contributed by atoms with Crippen LogP contribution in [0.25, 0.3) is 0 Å². The van der Waals surface area contributed by atoms with Gasteiger partial charge in [-0.2, -0.15) is 24.8 Å². The van der Waals surface area contributed by atoms with E-state index >= 15 is 8.78 Å². The standard InChI is InChI=1S/C28H33F2NO7S2/c1-25-6-4-18(32)9-21(25)22(29)10-20-19-8-17-13-31(12-16-5-7-39-15-16)38-28(17,24(34)14-37-40(3,35)36)26(19,2)11-23(33)27(20,25)30/h4-7,15,17,19-20,23,33H,8-14H2,1-3H3/t17-,19-,20-,23-,25-,26-,27-,28-/m0/s1. The fourth-order valence-electron chi connectivity index (χ4n) is 8.74. The van der Waals surface area contributed by atoms with Crippen molar-refractivity contribution in [1.29, 1.82) is 0 Å². The Bertz CT molecular complexity index is 1430. The van der Waals surface area contributed by atoms with E-state index in [0.717, 1.165) is 11.8 Å². The molecule has 1 saturated heterocycles. The predicted molar refractivity (Wildman–Crippen MR) is 142 cm³/mol. The molecule has 218 valence electrons. The van der Waals surface area contributed by atoms with E-state index in [4.69, 9.17) is 9.02 Å². The summed E-state index contributed by atoms with van der Waals surface area (Å²) >= 11 is 1.52. The van der Waals surface area contributed by atoms with E-state index in [-0.39, 0.29) is 30.6 Å². The molecular weight excluding hydrogens is 564 g/mol. The Morgan fingerprint density at radius 1 is 1.32 bits per heavy atom. The third kappa shape index (κ3) is 3.75. The Kier molecular flexibility index (Phi) is 6.43. The van der Waals surface area contributed by atoms with Crippen molar-refractivity contribution in [3.63, 3.8) is 0 Å². The van der Waals surface area contributed by atoms with Crippen molar-refractivity contribution in [2.45, 2.75) is 63.4 Å². The molecule has 0 amide bonds. The third-order valence-electron chi connectivity index (χ3n) is 10.5. The maximum absolute atomic E-state index is 17.5. The third-order valence-corrected chi connectivity index (χ3v) is 11.7. The first-order valence-corrected chi connectivity index (χ1v) is 16.2. The number of fused-ring (bicyclic) bond motifs is 7. The number of hydrogen-bond acceptors (Lipinski definition) is 9. The van der Waals surface area contributed by atoms with E-state index in [1.165, 1.54) is 23.5 Å². The molecule has 4 aliphatic carbocycles. The van der Waals surface area contributed by atoms with E-state index in [1.807, 2.05) is 16.8 Å². The maximum atomic E-state index is 17.5. The van der Waals surface area contributed by atoms with Crippen LogP contribution in [0.2, 0.25) is 0 Å². The quantitative estimate of drug-likeness (QED) is 0.495. The molecule has 0 unspecified atom stereocenters. The summed E-state index contributed by atoms with van der Waals surface area (Å²) in [5, 5.41) is 17.2. The summed E-state index contributed by atoms with van der Waals surface area (Å²) in [5.41, 5.74) is -5.49. The molecule has 8 atom stereocenters. The summed E-state index contributed by atoms with van der Waals surface area (Å²) in [6, 6.07) is 1.94. The number of hydrogen-bond donors (Lipinski definition) is 1. The van der Waals surface area contributed by atoms with Gasteiger partial charge in [-0.3, -0.25) is 18.6 Å². The fraction of sp³-hybridized carbons (Fsp3) is 0.643. The van der Waals surface area contributed by atoms with E-state index < -0.39 is 74.3 Å². The first kappa shape index (κ1) is 28.3. The first-order valence-electron chi connectivity index (χ1n) is 13.5. The number of allylic oxidation sites excluding steroid dienone is 4. The van der Waals surface area contributed by atoms with E-state index in [1.54, 1.807) is 18.9 Å². The molecule has 40 heavy (non-hydrogen) atoms. The lowest BCUT2D eigenvalue weighted by Crippen LogP contribution is -2.69. The van der Waals surface area contributed by atoms with Gasteiger partial charge >= 0.3 is 0 Å². The van der Waals surface area contributed by atoms with Crippen LogP contribution in [0.4, 0.5) is 8.78 Å². The number of thiophene rings is 1. The Labute approximate surface area is 236 Å². The molecule has 0 spiro atoms. The van der Waals surface area contributed by atoms with Crippen LogP contribution in [-0.2, 0) is 35.3 Å². The van der Waals surface area contributed by atoms with Crippen molar-refractivity contribution in [2.24, 2.45) is 28.6 Å². The summed E-state index contributed by atoms with van der Waals surface area (Å²) in [6.07, 6.45) is 1.54. The number of rotatable bonds is 6. The van der Waals surface area contributed by atoms with E-state index in [9.17, 15) is 23.1 Å². The summed E-state index contributed by atoms with van der Waals surface area (Å²) in [7, 11) is -3.95. The predicted octanol–water partition coefficient (Wildman–Crippen LogP) is 3.67. The molecule has 12 heteroatoms. The number of nitrogens with zero attached hydrogens (tertiary/aromatic N) is 1. The van der Waals surface area contributed by atoms with Gasteiger partial charge < -0.3 is 5.11 Å². The van der Waals surface area contributed by atoms with Crippen LogP contribution in [0.5, 0.6) is 0 Å². The van der Waals surface area contributed by atoms with Crippen LogP contribution in [0.15, 0.2) is 40.4 Å². The van der Waals surface area contributed by atoms with Crippen molar-refractivity contribution in [2.75, 3.05) is 19.4 Å². The second kappa shape index (κ2) is 9.08. The number of aliphatic hydroxyl groups excluding tert-OH is 1. The van der Waals surface area contributed by atoms with Gasteiger partial charge in [0.15, 0.2) is 22.8 Å². The molecule has 0 radical (unpaired) electrons. The zero-order valence-corrected chi connectivity index (χ0v) is 24.2. The lowest BCUT2D eigenvalue weighted by molar-refractivity contribution is -0.266. The molecule has 3 fully saturated rings. The highest BCUT2D eigenvalue weighted by atomic mass is 32.2. The van der Waals surface area contributed by atoms with Gasteiger partial charge in [-0.1, -0.05) is 13.0 Å². The minimum atomic E-state index is -3.95. The number of halogens is 2. The van der Waals surface area contributed by atoms with Crippen molar-refractivity contribution < 1.29 is 40.9 Å². The smallest absolute Gasteiger partial charge is 0.264 e. The van der Waals surface area contributed by atoms with Gasteiger partial charge in [-0.25, -0.2) is 8.78 Å². The van der Waals surface area contributed by atoms with Gasteiger partial charge in [0.25, 0.3) is 10.1 Å².